The number of halogens is 3. The fourth-order valence-electron chi connectivity index (χ4n) is 1.43. The van der Waals surface area contributed by atoms with E-state index in [1.165, 1.54) is 26.0 Å². The summed E-state index contributed by atoms with van der Waals surface area (Å²) in [5, 5.41) is 0. The highest BCUT2D eigenvalue weighted by molar-refractivity contribution is 7.91. The van der Waals surface area contributed by atoms with E-state index in [1.807, 2.05) is 0 Å². The fourth-order valence-corrected chi connectivity index (χ4v) is 4.53. The third-order valence-electron chi connectivity index (χ3n) is 2.30. The van der Waals surface area contributed by atoms with Crippen molar-refractivity contribution < 1.29 is 21.6 Å². The standard InChI is InChI=1S/C10H13F3N2O2S3/c1-6(2)15(5-10(11,12)13)20(16,17)8-4-3-7(19-8)9(14)18/h3-4,6H,5H2,1-2H3,(H2,14,18). The van der Waals surface area contributed by atoms with Gasteiger partial charge in [0.05, 0.1) is 4.88 Å². The van der Waals surface area contributed by atoms with Gasteiger partial charge in [0.15, 0.2) is 0 Å². The molecule has 0 radical (unpaired) electrons. The Balaban J connectivity index is 3.19. The van der Waals surface area contributed by atoms with E-state index in [0.29, 0.717) is 9.18 Å². The largest absolute Gasteiger partial charge is 0.402 e. The van der Waals surface area contributed by atoms with Crippen LogP contribution in [0.1, 0.15) is 18.7 Å². The second kappa shape index (κ2) is 5.96. The lowest BCUT2D eigenvalue weighted by Gasteiger charge is -2.26. The molecule has 0 saturated heterocycles. The molecule has 0 aliphatic heterocycles. The maximum Gasteiger partial charge on any atom is 0.402 e. The number of hydrogen-bond donors (Lipinski definition) is 1. The normalized spacial score (nSPS) is 13.2. The number of nitrogens with zero attached hydrogens (tertiary/aromatic N) is 1. The van der Waals surface area contributed by atoms with Gasteiger partial charge in [0, 0.05) is 6.04 Å². The monoisotopic (exact) mass is 346 g/mol. The summed E-state index contributed by atoms with van der Waals surface area (Å²) < 4.78 is 62.2. The summed E-state index contributed by atoms with van der Waals surface area (Å²) in [5.74, 6) is 0. The Morgan fingerprint density at radius 1 is 1.45 bits per heavy atom. The van der Waals surface area contributed by atoms with Gasteiger partial charge in [-0.2, -0.15) is 17.5 Å². The quantitative estimate of drug-likeness (QED) is 0.831. The zero-order chi connectivity index (χ0) is 15.7. The molecule has 4 nitrogen and oxygen atoms in total. The average molecular weight is 346 g/mol. The summed E-state index contributed by atoms with van der Waals surface area (Å²) in [6.07, 6.45) is -4.61. The second-order valence-electron chi connectivity index (χ2n) is 4.24. The van der Waals surface area contributed by atoms with Crippen molar-refractivity contribution in [2.45, 2.75) is 30.3 Å². The van der Waals surface area contributed by atoms with E-state index < -0.39 is 28.8 Å². The smallest absolute Gasteiger partial charge is 0.389 e. The number of thiophene rings is 1. The van der Waals surface area contributed by atoms with Crippen LogP contribution in [-0.4, -0.2) is 36.5 Å². The highest BCUT2D eigenvalue weighted by Gasteiger charge is 2.39. The third kappa shape index (κ3) is 4.14. The van der Waals surface area contributed by atoms with E-state index in [-0.39, 0.29) is 9.20 Å². The van der Waals surface area contributed by atoms with E-state index in [2.05, 4.69) is 0 Å². The lowest BCUT2D eigenvalue weighted by Crippen LogP contribution is -2.42. The zero-order valence-electron chi connectivity index (χ0n) is 10.6. The van der Waals surface area contributed by atoms with Crippen LogP contribution in [-0.2, 0) is 10.0 Å². The van der Waals surface area contributed by atoms with Gasteiger partial charge in [0.1, 0.15) is 15.7 Å². The third-order valence-corrected chi connectivity index (χ3v) is 6.26. The summed E-state index contributed by atoms with van der Waals surface area (Å²) in [6, 6.07) is 1.77. The van der Waals surface area contributed by atoms with E-state index >= 15 is 0 Å². The van der Waals surface area contributed by atoms with Gasteiger partial charge in [-0.3, -0.25) is 0 Å². The molecule has 1 heterocycles. The Morgan fingerprint density at radius 3 is 2.35 bits per heavy atom. The Labute approximate surface area is 124 Å². The first-order valence-electron chi connectivity index (χ1n) is 5.43. The average Bonchev–Trinajstić information content (AvgIpc) is 2.73. The summed E-state index contributed by atoms with van der Waals surface area (Å²) in [7, 11) is -4.23. The fraction of sp³-hybridized carbons (Fsp3) is 0.500. The molecule has 0 saturated carbocycles. The molecule has 0 aliphatic carbocycles. The SMILES string of the molecule is CC(C)N(CC(F)(F)F)S(=O)(=O)c1ccc(C(N)=S)s1. The lowest BCUT2D eigenvalue weighted by atomic mass is 10.4. The molecule has 0 aromatic carbocycles. The van der Waals surface area contributed by atoms with E-state index in [1.54, 1.807) is 0 Å². The molecule has 1 aromatic heterocycles. The molecule has 0 amide bonds. The van der Waals surface area contributed by atoms with Crippen molar-refractivity contribution in [3.8, 4) is 0 Å². The predicted octanol–water partition coefficient (Wildman–Crippen LogP) is 2.34. The van der Waals surface area contributed by atoms with Gasteiger partial charge in [-0.15, -0.1) is 11.3 Å². The van der Waals surface area contributed by atoms with Crippen LogP contribution in [0.15, 0.2) is 16.3 Å². The van der Waals surface area contributed by atoms with Crippen LogP contribution in [0.2, 0.25) is 0 Å². The topological polar surface area (TPSA) is 63.4 Å². The van der Waals surface area contributed by atoms with Gasteiger partial charge in [0.25, 0.3) is 10.0 Å². The summed E-state index contributed by atoms with van der Waals surface area (Å²) in [4.78, 5) is 0.345. The Hall–Kier alpha value is -0.710. The van der Waals surface area contributed by atoms with Crippen LogP contribution in [0.3, 0.4) is 0 Å². The van der Waals surface area contributed by atoms with E-state index in [4.69, 9.17) is 18.0 Å². The number of sulfonamides is 1. The first-order valence-corrected chi connectivity index (χ1v) is 8.10. The van der Waals surface area contributed by atoms with Gasteiger partial charge >= 0.3 is 6.18 Å². The molecule has 0 aliphatic rings. The van der Waals surface area contributed by atoms with Crippen LogP contribution in [0, 0.1) is 0 Å². The molecular weight excluding hydrogens is 333 g/mol. The predicted molar refractivity (Wildman–Crippen MR) is 75.3 cm³/mol. The minimum Gasteiger partial charge on any atom is -0.389 e. The first-order chi connectivity index (χ1) is 8.95. The summed E-state index contributed by atoms with van der Waals surface area (Å²) in [6.45, 7) is 1.23. The van der Waals surface area contributed by atoms with Crippen LogP contribution in [0.25, 0.3) is 0 Å². The van der Waals surface area contributed by atoms with E-state index in [9.17, 15) is 21.6 Å². The van der Waals surface area contributed by atoms with Crippen molar-refractivity contribution in [2.24, 2.45) is 5.73 Å². The van der Waals surface area contributed by atoms with Crippen molar-refractivity contribution in [3.63, 3.8) is 0 Å². The van der Waals surface area contributed by atoms with Crippen LogP contribution >= 0.6 is 23.6 Å². The van der Waals surface area contributed by atoms with Crippen molar-refractivity contribution in [1.29, 1.82) is 0 Å². The molecule has 10 heteroatoms. The van der Waals surface area contributed by atoms with Crippen LogP contribution in [0.4, 0.5) is 13.2 Å². The molecule has 0 bridgehead atoms. The molecule has 20 heavy (non-hydrogen) atoms. The number of thiocarbonyl (C=S) groups is 1. The molecule has 1 aromatic rings. The minimum absolute atomic E-state index is 0.00312. The van der Waals surface area contributed by atoms with Crippen molar-refractivity contribution in [1.82, 2.24) is 4.31 Å². The highest BCUT2D eigenvalue weighted by atomic mass is 32.2. The molecule has 0 atom stereocenters. The van der Waals surface area contributed by atoms with Crippen molar-refractivity contribution in [3.05, 3.63) is 17.0 Å². The van der Waals surface area contributed by atoms with Crippen LogP contribution < -0.4 is 5.73 Å². The number of nitrogens with two attached hydrogens (primary N) is 1. The maximum absolute atomic E-state index is 12.5. The van der Waals surface area contributed by atoms with Gasteiger partial charge in [-0.1, -0.05) is 12.2 Å². The van der Waals surface area contributed by atoms with Gasteiger partial charge in [-0.05, 0) is 26.0 Å². The van der Waals surface area contributed by atoms with Gasteiger partial charge in [0.2, 0.25) is 0 Å². The molecule has 0 unspecified atom stereocenters. The van der Waals surface area contributed by atoms with Crippen LogP contribution in [0.5, 0.6) is 0 Å². The summed E-state index contributed by atoms with van der Waals surface area (Å²) in [5.41, 5.74) is 5.36. The minimum atomic E-state index is -4.61. The van der Waals surface area contributed by atoms with Gasteiger partial charge < -0.3 is 5.73 Å². The Kier molecular flexibility index (Phi) is 5.17. The molecule has 0 fully saturated rings. The van der Waals surface area contributed by atoms with Crippen molar-refractivity contribution >= 4 is 38.6 Å². The summed E-state index contributed by atoms with van der Waals surface area (Å²) >= 11 is 5.46. The Morgan fingerprint density at radius 2 is 2.00 bits per heavy atom. The number of rotatable bonds is 5. The van der Waals surface area contributed by atoms with E-state index in [0.717, 1.165) is 11.3 Å². The second-order valence-corrected chi connectivity index (χ2v) is 7.88. The lowest BCUT2D eigenvalue weighted by molar-refractivity contribution is -0.138. The van der Waals surface area contributed by atoms with Crippen molar-refractivity contribution in [2.75, 3.05) is 6.54 Å². The first kappa shape index (κ1) is 17.3. The maximum atomic E-state index is 12.5. The molecule has 114 valence electrons. The molecule has 1 rings (SSSR count). The Bertz CT molecular complexity index is 593. The molecule has 2 N–H and O–H groups in total. The van der Waals surface area contributed by atoms with Gasteiger partial charge in [-0.25, -0.2) is 8.42 Å². The molecular formula is C10H13F3N2O2S3. The highest BCUT2D eigenvalue weighted by Crippen LogP contribution is 2.29. The molecule has 0 spiro atoms. The zero-order valence-corrected chi connectivity index (χ0v) is 13.1. The number of hydrogen-bond acceptors (Lipinski definition) is 4. The number of alkyl halides is 3.